The van der Waals surface area contributed by atoms with Crippen molar-refractivity contribution in [2.45, 2.75) is 32.2 Å². The molecule has 0 saturated carbocycles. The van der Waals surface area contributed by atoms with Crippen molar-refractivity contribution in [2.24, 2.45) is 0 Å². The Kier molecular flexibility index (Phi) is 6.12. The van der Waals surface area contributed by atoms with Crippen molar-refractivity contribution in [1.82, 2.24) is 10.2 Å². The average Bonchev–Trinajstić information content (AvgIpc) is 2.91. The quantitative estimate of drug-likeness (QED) is 0.597. The van der Waals surface area contributed by atoms with E-state index in [0.29, 0.717) is 6.04 Å². The van der Waals surface area contributed by atoms with Gasteiger partial charge in [0.05, 0.1) is 0 Å². The molecule has 0 amide bonds. The molecule has 1 fully saturated rings. The van der Waals surface area contributed by atoms with Gasteiger partial charge in [0.25, 0.3) is 0 Å². The summed E-state index contributed by atoms with van der Waals surface area (Å²) in [5, 5.41) is 3.65. The SMILES string of the molecule is C/C=C/CCNC1CCN(CCc2ccccc2)C1. The smallest absolute Gasteiger partial charge is 0.0207 e. The van der Waals surface area contributed by atoms with Gasteiger partial charge in [-0.15, -0.1) is 0 Å². The first-order valence-electron chi connectivity index (χ1n) is 7.49. The second-order valence-corrected chi connectivity index (χ2v) is 5.33. The molecule has 1 heterocycles. The van der Waals surface area contributed by atoms with Crippen LogP contribution in [0.3, 0.4) is 0 Å². The van der Waals surface area contributed by atoms with E-state index in [1.54, 1.807) is 0 Å². The summed E-state index contributed by atoms with van der Waals surface area (Å²) in [6.07, 6.45) is 7.98. The molecule has 1 aromatic rings. The number of nitrogens with zero attached hydrogens (tertiary/aromatic N) is 1. The molecule has 1 aliphatic heterocycles. The fourth-order valence-electron chi connectivity index (χ4n) is 2.67. The van der Waals surface area contributed by atoms with Crippen LogP contribution in [-0.4, -0.2) is 37.1 Å². The molecule has 2 heteroatoms. The first kappa shape index (κ1) is 14.3. The summed E-state index contributed by atoms with van der Waals surface area (Å²) in [7, 11) is 0. The van der Waals surface area contributed by atoms with E-state index in [2.05, 4.69) is 59.6 Å². The van der Waals surface area contributed by atoms with Crippen LogP contribution in [0.1, 0.15) is 25.3 Å². The van der Waals surface area contributed by atoms with Crippen molar-refractivity contribution in [3.05, 3.63) is 48.0 Å². The first-order chi connectivity index (χ1) is 9.38. The lowest BCUT2D eigenvalue weighted by molar-refractivity contribution is 0.332. The number of likely N-dealkylation sites (tertiary alicyclic amines) is 1. The van der Waals surface area contributed by atoms with Gasteiger partial charge in [0.15, 0.2) is 0 Å². The van der Waals surface area contributed by atoms with Crippen LogP contribution in [0.15, 0.2) is 42.5 Å². The maximum atomic E-state index is 3.65. The van der Waals surface area contributed by atoms with Gasteiger partial charge >= 0.3 is 0 Å². The van der Waals surface area contributed by atoms with Gasteiger partial charge in [-0.05, 0) is 44.8 Å². The van der Waals surface area contributed by atoms with Crippen LogP contribution in [-0.2, 0) is 6.42 Å². The zero-order chi connectivity index (χ0) is 13.3. The molecule has 1 N–H and O–H groups in total. The Hall–Kier alpha value is -1.12. The Labute approximate surface area is 117 Å². The third kappa shape index (κ3) is 5.17. The summed E-state index contributed by atoms with van der Waals surface area (Å²) < 4.78 is 0. The van der Waals surface area contributed by atoms with E-state index < -0.39 is 0 Å². The number of allylic oxidation sites excluding steroid dienone is 1. The van der Waals surface area contributed by atoms with E-state index in [0.717, 1.165) is 13.0 Å². The standard InChI is InChI=1S/C17H26N2/c1-2-3-7-12-18-17-11-14-19(15-17)13-10-16-8-5-4-6-9-16/h2-6,8-9,17-18H,7,10-15H2,1H3/b3-2+. The molecular formula is C17H26N2. The largest absolute Gasteiger partial charge is 0.312 e. The lowest BCUT2D eigenvalue weighted by Crippen LogP contribution is -2.33. The summed E-state index contributed by atoms with van der Waals surface area (Å²) in [6, 6.07) is 11.5. The topological polar surface area (TPSA) is 15.3 Å². The van der Waals surface area contributed by atoms with E-state index in [1.165, 1.54) is 38.0 Å². The minimum atomic E-state index is 0.695. The maximum absolute atomic E-state index is 3.65. The fraction of sp³-hybridized carbons (Fsp3) is 0.529. The summed E-state index contributed by atoms with van der Waals surface area (Å²) in [5.74, 6) is 0. The Bertz CT molecular complexity index is 372. The molecular weight excluding hydrogens is 232 g/mol. The van der Waals surface area contributed by atoms with E-state index in [4.69, 9.17) is 0 Å². The lowest BCUT2D eigenvalue weighted by atomic mass is 10.1. The van der Waals surface area contributed by atoms with Crippen molar-refractivity contribution in [2.75, 3.05) is 26.2 Å². The monoisotopic (exact) mass is 258 g/mol. The summed E-state index contributed by atoms with van der Waals surface area (Å²) in [6.45, 7) is 6.84. The van der Waals surface area contributed by atoms with Gasteiger partial charge < -0.3 is 10.2 Å². The molecule has 2 rings (SSSR count). The van der Waals surface area contributed by atoms with Crippen molar-refractivity contribution >= 4 is 0 Å². The number of benzene rings is 1. The van der Waals surface area contributed by atoms with Crippen molar-refractivity contribution in [3.8, 4) is 0 Å². The zero-order valence-electron chi connectivity index (χ0n) is 12.0. The van der Waals surface area contributed by atoms with Crippen LogP contribution in [0.2, 0.25) is 0 Å². The molecule has 1 aliphatic rings. The highest BCUT2D eigenvalue weighted by atomic mass is 15.2. The van der Waals surface area contributed by atoms with Crippen molar-refractivity contribution in [3.63, 3.8) is 0 Å². The molecule has 1 unspecified atom stereocenters. The van der Waals surface area contributed by atoms with Gasteiger partial charge in [-0.25, -0.2) is 0 Å². The third-order valence-corrected chi connectivity index (χ3v) is 3.81. The van der Waals surface area contributed by atoms with Crippen LogP contribution in [0.4, 0.5) is 0 Å². The first-order valence-corrected chi connectivity index (χ1v) is 7.49. The Balaban J connectivity index is 1.62. The summed E-state index contributed by atoms with van der Waals surface area (Å²) in [5.41, 5.74) is 1.45. The van der Waals surface area contributed by atoms with E-state index >= 15 is 0 Å². The Morgan fingerprint density at radius 2 is 2.16 bits per heavy atom. The molecule has 1 atom stereocenters. The molecule has 19 heavy (non-hydrogen) atoms. The maximum Gasteiger partial charge on any atom is 0.0207 e. The molecule has 0 aromatic heterocycles. The predicted octanol–water partition coefficient (Wildman–Crippen LogP) is 2.86. The second kappa shape index (κ2) is 8.13. The van der Waals surface area contributed by atoms with Gasteiger partial charge in [-0.3, -0.25) is 0 Å². The van der Waals surface area contributed by atoms with Crippen LogP contribution < -0.4 is 5.32 Å². The molecule has 0 radical (unpaired) electrons. The fourth-order valence-corrected chi connectivity index (χ4v) is 2.67. The van der Waals surface area contributed by atoms with Gasteiger partial charge in [-0.1, -0.05) is 42.5 Å². The van der Waals surface area contributed by atoms with Crippen LogP contribution in [0, 0.1) is 0 Å². The summed E-state index contributed by atoms with van der Waals surface area (Å²) in [4.78, 5) is 2.58. The van der Waals surface area contributed by atoms with Gasteiger partial charge in [0, 0.05) is 19.1 Å². The van der Waals surface area contributed by atoms with E-state index in [9.17, 15) is 0 Å². The molecule has 0 bridgehead atoms. The predicted molar refractivity (Wildman–Crippen MR) is 82.4 cm³/mol. The Morgan fingerprint density at radius 1 is 1.32 bits per heavy atom. The van der Waals surface area contributed by atoms with E-state index in [1.807, 2.05) is 0 Å². The zero-order valence-corrected chi connectivity index (χ0v) is 12.0. The average molecular weight is 258 g/mol. The highest BCUT2D eigenvalue weighted by molar-refractivity contribution is 5.14. The Morgan fingerprint density at radius 3 is 2.95 bits per heavy atom. The normalized spacial score (nSPS) is 20.4. The van der Waals surface area contributed by atoms with Crippen LogP contribution in [0.25, 0.3) is 0 Å². The van der Waals surface area contributed by atoms with Crippen molar-refractivity contribution in [1.29, 1.82) is 0 Å². The van der Waals surface area contributed by atoms with Gasteiger partial charge in [0.1, 0.15) is 0 Å². The molecule has 0 spiro atoms. The molecule has 1 saturated heterocycles. The second-order valence-electron chi connectivity index (χ2n) is 5.33. The minimum absolute atomic E-state index is 0.695. The number of nitrogens with one attached hydrogen (secondary N) is 1. The molecule has 104 valence electrons. The third-order valence-electron chi connectivity index (χ3n) is 3.81. The van der Waals surface area contributed by atoms with Crippen LogP contribution in [0.5, 0.6) is 0 Å². The number of hydrogen-bond acceptors (Lipinski definition) is 2. The van der Waals surface area contributed by atoms with E-state index in [-0.39, 0.29) is 0 Å². The van der Waals surface area contributed by atoms with Gasteiger partial charge in [-0.2, -0.15) is 0 Å². The molecule has 0 aliphatic carbocycles. The lowest BCUT2D eigenvalue weighted by Gasteiger charge is -2.16. The highest BCUT2D eigenvalue weighted by Crippen LogP contribution is 2.10. The number of rotatable bonds is 7. The molecule has 2 nitrogen and oxygen atoms in total. The summed E-state index contributed by atoms with van der Waals surface area (Å²) >= 11 is 0. The minimum Gasteiger partial charge on any atom is -0.312 e. The number of hydrogen-bond donors (Lipinski definition) is 1. The highest BCUT2D eigenvalue weighted by Gasteiger charge is 2.20. The van der Waals surface area contributed by atoms with Crippen LogP contribution >= 0.6 is 0 Å². The van der Waals surface area contributed by atoms with Gasteiger partial charge in [0.2, 0.25) is 0 Å². The molecule has 1 aromatic carbocycles. The van der Waals surface area contributed by atoms with Crippen molar-refractivity contribution < 1.29 is 0 Å².